The van der Waals surface area contributed by atoms with Gasteiger partial charge in [0.05, 0.1) is 24.2 Å². The molecular weight excluding hydrogens is 706 g/mol. The minimum atomic E-state index is -2.96. The van der Waals surface area contributed by atoms with E-state index in [0.29, 0.717) is 60.3 Å². The average Bonchev–Trinajstić information content (AvgIpc) is 3.64. The van der Waals surface area contributed by atoms with Crippen molar-refractivity contribution >= 4 is 40.5 Å². The number of fused-ring (bicyclic) bond motifs is 1. The van der Waals surface area contributed by atoms with Crippen LogP contribution in [0.15, 0.2) is 54.7 Å². The molecule has 0 radical (unpaired) electrons. The number of rotatable bonds is 14. The number of ketones is 1. The van der Waals surface area contributed by atoms with Crippen molar-refractivity contribution in [3.8, 4) is 11.5 Å². The van der Waals surface area contributed by atoms with Gasteiger partial charge in [-0.25, -0.2) is 4.79 Å². The Kier molecular flexibility index (Phi) is 13.3. The molecule has 2 N–H and O–H groups in total. The molecule has 2 saturated heterocycles. The summed E-state index contributed by atoms with van der Waals surface area (Å²) < 4.78 is 40.6. The fourth-order valence-corrected chi connectivity index (χ4v) is 6.27. The molecule has 14 nitrogen and oxygen atoms in total. The average molecular weight is 753 g/mol. The maximum atomic E-state index is 13.3. The van der Waals surface area contributed by atoms with Crippen LogP contribution in [-0.2, 0) is 25.7 Å². The first-order chi connectivity index (χ1) is 25.8. The number of hydrogen-bond donors (Lipinski definition) is 2. The molecule has 2 aliphatic rings. The molecule has 290 valence electrons. The van der Waals surface area contributed by atoms with E-state index < -0.39 is 41.8 Å². The number of nitrogens with one attached hydrogen (secondary N) is 2. The minimum Gasteiger partial charge on any atom is -0.494 e. The predicted molar refractivity (Wildman–Crippen MR) is 193 cm³/mol. The number of amides is 4. The van der Waals surface area contributed by atoms with Gasteiger partial charge in [0.1, 0.15) is 23.1 Å². The van der Waals surface area contributed by atoms with Crippen LogP contribution in [0.3, 0.4) is 0 Å². The number of carbonyl (C=O) groups is 5. The number of nitrogens with zero attached hydrogens (tertiary/aromatic N) is 4. The van der Waals surface area contributed by atoms with Gasteiger partial charge in [0.2, 0.25) is 11.7 Å². The lowest BCUT2D eigenvalue weighted by molar-refractivity contribution is -0.144. The molecule has 0 bridgehead atoms. The van der Waals surface area contributed by atoms with Gasteiger partial charge in [0.25, 0.3) is 11.8 Å². The summed E-state index contributed by atoms with van der Waals surface area (Å²) in [5, 5.41) is 5.70. The highest BCUT2D eigenvalue weighted by molar-refractivity contribution is 6.38. The van der Waals surface area contributed by atoms with Crippen LogP contribution in [0.1, 0.15) is 56.0 Å². The Hall–Kier alpha value is -5.38. The zero-order valence-electron chi connectivity index (χ0n) is 30.6. The van der Waals surface area contributed by atoms with Gasteiger partial charge in [-0.2, -0.15) is 8.78 Å². The lowest BCUT2D eigenvalue weighted by Crippen LogP contribution is -2.50. The van der Waals surface area contributed by atoms with Gasteiger partial charge in [-0.1, -0.05) is 12.1 Å². The summed E-state index contributed by atoms with van der Waals surface area (Å²) in [6.07, 6.45) is 2.77. The predicted octanol–water partition coefficient (Wildman–Crippen LogP) is 3.76. The molecule has 0 aliphatic carbocycles. The molecule has 2 aromatic carbocycles. The van der Waals surface area contributed by atoms with Crippen molar-refractivity contribution in [1.29, 1.82) is 0 Å². The Labute approximate surface area is 312 Å². The standard InChI is InChI=1S/C38H46F2N6O8/c1-38(2,3)54-37(51)45-19-17-44(18-20-45)15-5-21-52-27-11-12-30-29(22-27)28(13-14-41-30)34(49)43-24-32(47)46-16-4-6-31(46)33(48)35(50)42-23-25-7-9-26(10-8-25)53-36(39)40/h7-14,22,31,36H,4-6,15-21,23-24H2,1-3H3,(H,42,50)(H,43,49)/t31-/m0/s1. The zero-order chi connectivity index (χ0) is 38.8. The first-order valence-electron chi connectivity index (χ1n) is 17.9. The van der Waals surface area contributed by atoms with Crippen LogP contribution >= 0.6 is 0 Å². The fraction of sp³-hybridized carbons (Fsp3) is 0.474. The Bertz CT molecular complexity index is 1810. The molecule has 5 rings (SSSR count). The van der Waals surface area contributed by atoms with E-state index in [2.05, 4.69) is 25.3 Å². The molecule has 1 atom stereocenters. The summed E-state index contributed by atoms with van der Waals surface area (Å²) in [7, 11) is 0. The molecule has 3 heterocycles. The Morgan fingerprint density at radius 3 is 2.35 bits per heavy atom. The molecule has 0 saturated carbocycles. The highest BCUT2D eigenvalue weighted by Gasteiger charge is 2.37. The second kappa shape index (κ2) is 18.1. The SMILES string of the molecule is CC(C)(C)OC(=O)N1CCN(CCCOc2ccc3nccc(C(=O)NCC(=O)N4CCC[C@H]4C(=O)C(=O)NCc4ccc(OC(F)F)cc4)c3c2)CC1. The second-order valence-corrected chi connectivity index (χ2v) is 14.0. The first-order valence-corrected chi connectivity index (χ1v) is 17.9. The topological polar surface area (TPSA) is 160 Å². The van der Waals surface area contributed by atoms with Crippen molar-refractivity contribution in [2.75, 3.05) is 52.4 Å². The van der Waals surface area contributed by atoms with Crippen molar-refractivity contribution in [2.45, 2.75) is 64.8 Å². The summed E-state index contributed by atoms with van der Waals surface area (Å²) in [6, 6.07) is 11.5. The third-order valence-electron chi connectivity index (χ3n) is 8.97. The Morgan fingerprint density at radius 1 is 0.926 bits per heavy atom. The molecule has 1 aromatic heterocycles. The number of alkyl halides is 2. The van der Waals surface area contributed by atoms with Crippen molar-refractivity contribution in [3.63, 3.8) is 0 Å². The number of halogens is 2. The third-order valence-corrected chi connectivity index (χ3v) is 8.97. The lowest BCUT2D eigenvalue weighted by Gasteiger charge is -2.35. The van der Waals surface area contributed by atoms with Crippen LogP contribution in [0.2, 0.25) is 0 Å². The number of ether oxygens (including phenoxy) is 3. The third kappa shape index (κ3) is 11.1. The summed E-state index contributed by atoms with van der Waals surface area (Å²) in [4.78, 5) is 74.2. The van der Waals surface area contributed by atoms with Gasteiger partial charge in [0.15, 0.2) is 0 Å². The first kappa shape index (κ1) is 39.8. The molecule has 0 unspecified atom stereocenters. The minimum absolute atomic E-state index is 0.0286. The lowest BCUT2D eigenvalue weighted by atomic mass is 10.1. The highest BCUT2D eigenvalue weighted by Crippen LogP contribution is 2.24. The molecule has 0 spiro atoms. The van der Waals surface area contributed by atoms with Crippen LogP contribution in [-0.4, -0.2) is 120 Å². The van der Waals surface area contributed by atoms with Gasteiger partial charge < -0.3 is 34.6 Å². The van der Waals surface area contributed by atoms with Gasteiger partial charge in [-0.05, 0) is 82.0 Å². The number of carbonyl (C=O) groups excluding carboxylic acids is 5. The summed E-state index contributed by atoms with van der Waals surface area (Å²) in [6.45, 7) is 6.35. The molecule has 2 aliphatic heterocycles. The normalized spacial score (nSPS) is 16.3. The number of Topliss-reactive ketones (excluding diaryl/α,β-unsaturated/α-hetero) is 1. The van der Waals surface area contributed by atoms with Crippen LogP contribution in [0.25, 0.3) is 10.9 Å². The molecule has 54 heavy (non-hydrogen) atoms. The van der Waals surface area contributed by atoms with Gasteiger partial charge in [-0.15, -0.1) is 0 Å². The smallest absolute Gasteiger partial charge is 0.410 e. The number of aromatic nitrogens is 1. The zero-order valence-corrected chi connectivity index (χ0v) is 30.6. The maximum Gasteiger partial charge on any atom is 0.410 e. The van der Waals surface area contributed by atoms with Crippen molar-refractivity contribution in [1.82, 2.24) is 30.3 Å². The summed E-state index contributed by atoms with van der Waals surface area (Å²) in [5.74, 6) is -2.15. The number of piperazine rings is 1. The second-order valence-electron chi connectivity index (χ2n) is 14.0. The van der Waals surface area contributed by atoms with Gasteiger partial charge >= 0.3 is 12.7 Å². The van der Waals surface area contributed by atoms with Crippen LogP contribution in [0.5, 0.6) is 11.5 Å². The van der Waals surface area contributed by atoms with Crippen molar-refractivity contribution in [3.05, 3.63) is 65.9 Å². The van der Waals surface area contributed by atoms with E-state index in [-0.39, 0.29) is 31.5 Å². The molecular formula is C38H46F2N6O8. The quantitative estimate of drug-likeness (QED) is 0.184. The van der Waals surface area contributed by atoms with Crippen LogP contribution in [0.4, 0.5) is 13.6 Å². The van der Waals surface area contributed by atoms with Crippen LogP contribution < -0.4 is 20.1 Å². The number of likely N-dealkylation sites (tertiary alicyclic amines) is 1. The molecule has 4 amide bonds. The fourth-order valence-electron chi connectivity index (χ4n) is 6.27. The largest absolute Gasteiger partial charge is 0.494 e. The van der Waals surface area contributed by atoms with Crippen molar-refractivity contribution < 1.29 is 47.0 Å². The van der Waals surface area contributed by atoms with Gasteiger partial charge in [0, 0.05) is 57.4 Å². The Balaban J connectivity index is 1.08. The van der Waals surface area contributed by atoms with E-state index >= 15 is 0 Å². The summed E-state index contributed by atoms with van der Waals surface area (Å²) in [5.41, 5.74) is 0.893. The van der Waals surface area contributed by atoms with Gasteiger partial charge in [-0.3, -0.25) is 29.1 Å². The molecule has 16 heteroatoms. The van der Waals surface area contributed by atoms with Crippen LogP contribution in [0, 0.1) is 0 Å². The van der Waals surface area contributed by atoms with E-state index in [4.69, 9.17) is 9.47 Å². The van der Waals surface area contributed by atoms with E-state index in [0.717, 1.165) is 26.1 Å². The summed E-state index contributed by atoms with van der Waals surface area (Å²) >= 11 is 0. The van der Waals surface area contributed by atoms with E-state index in [9.17, 15) is 32.8 Å². The number of pyridine rings is 1. The van der Waals surface area contributed by atoms with E-state index in [1.165, 1.54) is 35.4 Å². The maximum absolute atomic E-state index is 13.3. The van der Waals surface area contributed by atoms with Crippen molar-refractivity contribution in [2.24, 2.45) is 0 Å². The molecule has 2 fully saturated rings. The van der Waals surface area contributed by atoms with E-state index in [1.54, 1.807) is 29.2 Å². The van der Waals surface area contributed by atoms with E-state index in [1.807, 2.05) is 20.8 Å². The number of benzene rings is 2. The monoisotopic (exact) mass is 752 g/mol. The Morgan fingerprint density at radius 2 is 1.65 bits per heavy atom. The number of hydrogen-bond acceptors (Lipinski definition) is 10. The molecule has 3 aromatic rings. The highest BCUT2D eigenvalue weighted by atomic mass is 19.3.